The van der Waals surface area contributed by atoms with Gasteiger partial charge in [-0.15, -0.1) is 0 Å². The summed E-state index contributed by atoms with van der Waals surface area (Å²) < 4.78 is 1.97. The Morgan fingerprint density at radius 2 is 1.67 bits per heavy atom. The van der Waals surface area contributed by atoms with Gasteiger partial charge in [-0.05, 0) is 33.3 Å². The topological polar surface area (TPSA) is 38.0 Å². The number of hydrogen-bond donors (Lipinski definition) is 1. The second kappa shape index (κ2) is 4.94. The Bertz CT molecular complexity index is 550. The molecule has 0 radical (unpaired) electrons. The van der Waals surface area contributed by atoms with Crippen molar-refractivity contribution in [2.75, 3.05) is 0 Å². The molecule has 3 heteroatoms. The predicted octanol–water partition coefficient (Wildman–Crippen LogP) is 2.66. The molecule has 0 unspecified atom stereocenters. The fourth-order valence-corrected chi connectivity index (χ4v) is 2.45. The van der Waals surface area contributed by atoms with E-state index in [1.165, 1.54) is 16.7 Å². The van der Waals surface area contributed by atoms with Crippen LogP contribution in [0.2, 0.25) is 0 Å². The quantitative estimate of drug-likeness (QED) is 0.901. The van der Waals surface area contributed by atoms with Crippen molar-refractivity contribution in [3.05, 3.63) is 51.8 Å². The molecule has 1 aromatic carbocycles. The highest BCUT2D eigenvalue weighted by atomic mass is 16.3. The third-order valence-corrected chi connectivity index (χ3v) is 3.30. The minimum absolute atomic E-state index is 0.0600. The molecule has 0 fully saturated rings. The normalized spacial score (nSPS) is 10.9. The van der Waals surface area contributed by atoms with Crippen LogP contribution in [0.15, 0.2) is 18.2 Å². The van der Waals surface area contributed by atoms with E-state index < -0.39 is 0 Å². The maximum Gasteiger partial charge on any atom is 0.0718 e. The van der Waals surface area contributed by atoms with Gasteiger partial charge >= 0.3 is 0 Å². The molecule has 2 rings (SSSR count). The van der Waals surface area contributed by atoms with Crippen molar-refractivity contribution in [3.63, 3.8) is 0 Å². The van der Waals surface area contributed by atoms with Crippen molar-refractivity contribution in [2.24, 2.45) is 0 Å². The van der Waals surface area contributed by atoms with Crippen LogP contribution in [0.4, 0.5) is 0 Å². The summed E-state index contributed by atoms with van der Waals surface area (Å²) >= 11 is 0. The number of nitrogens with zero attached hydrogens (tertiary/aromatic N) is 2. The van der Waals surface area contributed by atoms with Gasteiger partial charge < -0.3 is 5.11 Å². The monoisotopic (exact) mass is 244 g/mol. The first kappa shape index (κ1) is 12.8. The maximum absolute atomic E-state index is 9.31. The van der Waals surface area contributed by atoms with E-state index in [2.05, 4.69) is 37.1 Å². The van der Waals surface area contributed by atoms with Crippen molar-refractivity contribution >= 4 is 0 Å². The van der Waals surface area contributed by atoms with E-state index in [1.807, 2.05) is 18.5 Å². The Labute approximate surface area is 108 Å². The zero-order valence-corrected chi connectivity index (χ0v) is 11.5. The van der Waals surface area contributed by atoms with Crippen LogP contribution in [0.5, 0.6) is 0 Å². The third kappa shape index (κ3) is 2.46. The third-order valence-electron chi connectivity index (χ3n) is 3.30. The summed E-state index contributed by atoms with van der Waals surface area (Å²) in [7, 11) is 0. The molecule has 0 aliphatic carbocycles. The number of rotatable bonds is 3. The molecule has 0 spiro atoms. The molecule has 1 N–H and O–H groups in total. The van der Waals surface area contributed by atoms with Gasteiger partial charge in [0.2, 0.25) is 0 Å². The molecular formula is C15H20N2O. The number of aryl methyl sites for hydroxylation is 3. The van der Waals surface area contributed by atoms with Gasteiger partial charge in [0, 0.05) is 11.3 Å². The van der Waals surface area contributed by atoms with Crippen LogP contribution in [0.1, 0.15) is 33.6 Å². The van der Waals surface area contributed by atoms with E-state index in [0.717, 1.165) is 23.5 Å². The number of hydrogen-bond acceptors (Lipinski definition) is 2. The number of benzene rings is 1. The zero-order valence-electron chi connectivity index (χ0n) is 11.5. The minimum Gasteiger partial charge on any atom is -0.392 e. The van der Waals surface area contributed by atoms with Crippen LogP contribution < -0.4 is 0 Å². The molecular weight excluding hydrogens is 224 g/mol. The number of aliphatic hydroxyl groups is 1. The summed E-state index contributed by atoms with van der Waals surface area (Å²) in [6, 6.07) is 6.54. The second-order valence-corrected chi connectivity index (χ2v) is 4.96. The first-order valence-electron chi connectivity index (χ1n) is 6.22. The van der Waals surface area contributed by atoms with Crippen LogP contribution in [-0.4, -0.2) is 14.9 Å². The molecule has 0 bridgehead atoms. The number of aliphatic hydroxyl groups excluding tert-OH is 1. The summed E-state index contributed by atoms with van der Waals surface area (Å²) in [4.78, 5) is 0. The zero-order chi connectivity index (χ0) is 13.3. The van der Waals surface area contributed by atoms with Gasteiger partial charge in [-0.3, -0.25) is 4.68 Å². The van der Waals surface area contributed by atoms with Crippen molar-refractivity contribution in [1.29, 1.82) is 0 Å². The molecule has 0 atom stereocenters. The minimum atomic E-state index is 0.0600. The summed E-state index contributed by atoms with van der Waals surface area (Å²) in [5.74, 6) is 0. The smallest absolute Gasteiger partial charge is 0.0718 e. The van der Waals surface area contributed by atoms with Gasteiger partial charge in [-0.2, -0.15) is 5.10 Å². The fourth-order valence-electron chi connectivity index (χ4n) is 2.45. The lowest BCUT2D eigenvalue weighted by atomic mass is 10.1. The number of aromatic nitrogens is 2. The molecule has 96 valence electrons. The Balaban J connectivity index is 2.34. The van der Waals surface area contributed by atoms with Gasteiger partial charge in [0.05, 0.1) is 18.8 Å². The average molecular weight is 244 g/mol. The predicted molar refractivity (Wildman–Crippen MR) is 72.6 cm³/mol. The van der Waals surface area contributed by atoms with E-state index in [4.69, 9.17) is 0 Å². The highest BCUT2D eigenvalue weighted by Crippen LogP contribution is 2.16. The van der Waals surface area contributed by atoms with Crippen LogP contribution >= 0.6 is 0 Å². The fraction of sp³-hybridized carbons (Fsp3) is 0.400. The van der Waals surface area contributed by atoms with Gasteiger partial charge in [0.15, 0.2) is 0 Å². The molecule has 1 aromatic heterocycles. The van der Waals surface area contributed by atoms with E-state index in [-0.39, 0.29) is 6.61 Å². The van der Waals surface area contributed by atoms with Crippen molar-refractivity contribution < 1.29 is 5.11 Å². The SMILES string of the molecule is Cc1cc(C)cc(Cn2nc(C)c(CO)c2C)c1. The van der Waals surface area contributed by atoms with Gasteiger partial charge in [0.25, 0.3) is 0 Å². The molecule has 18 heavy (non-hydrogen) atoms. The first-order valence-corrected chi connectivity index (χ1v) is 6.22. The van der Waals surface area contributed by atoms with Crippen LogP contribution in [0.3, 0.4) is 0 Å². The largest absolute Gasteiger partial charge is 0.392 e. The molecule has 0 saturated heterocycles. The highest BCUT2D eigenvalue weighted by Gasteiger charge is 2.10. The van der Waals surface area contributed by atoms with Crippen LogP contribution in [-0.2, 0) is 13.2 Å². The second-order valence-electron chi connectivity index (χ2n) is 4.96. The average Bonchev–Trinajstić information content (AvgIpc) is 2.52. The van der Waals surface area contributed by atoms with E-state index in [1.54, 1.807) is 0 Å². The highest BCUT2D eigenvalue weighted by molar-refractivity contribution is 5.30. The summed E-state index contributed by atoms with van der Waals surface area (Å²) in [5, 5.41) is 13.8. The van der Waals surface area contributed by atoms with Gasteiger partial charge in [-0.25, -0.2) is 0 Å². The van der Waals surface area contributed by atoms with Crippen LogP contribution in [0, 0.1) is 27.7 Å². The molecule has 0 saturated carbocycles. The molecule has 0 aliphatic rings. The lowest BCUT2D eigenvalue weighted by molar-refractivity contribution is 0.280. The standard InChI is InChI=1S/C15H20N2O/c1-10-5-11(2)7-14(6-10)8-17-13(4)15(9-18)12(3)16-17/h5-7,18H,8-9H2,1-4H3. The maximum atomic E-state index is 9.31. The summed E-state index contributed by atoms with van der Waals surface area (Å²) in [6.07, 6.45) is 0. The molecule has 0 aliphatic heterocycles. The Kier molecular flexibility index (Phi) is 3.53. The van der Waals surface area contributed by atoms with Crippen molar-refractivity contribution in [2.45, 2.75) is 40.8 Å². The first-order chi connectivity index (χ1) is 8.51. The lowest BCUT2D eigenvalue weighted by Gasteiger charge is -2.07. The Morgan fingerprint density at radius 1 is 1.06 bits per heavy atom. The van der Waals surface area contributed by atoms with Crippen molar-refractivity contribution in [1.82, 2.24) is 9.78 Å². The molecule has 2 aromatic rings. The van der Waals surface area contributed by atoms with Crippen molar-refractivity contribution in [3.8, 4) is 0 Å². The molecule has 3 nitrogen and oxygen atoms in total. The van der Waals surface area contributed by atoms with E-state index >= 15 is 0 Å². The van der Waals surface area contributed by atoms with E-state index in [9.17, 15) is 5.11 Å². The van der Waals surface area contributed by atoms with E-state index in [0.29, 0.717) is 0 Å². The van der Waals surface area contributed by atoms with Gasteiger partial charge in [0.1, 0.15) is 0 Å². The summed E-state index contributed by atoms with van der Waals surface area (Å²) in [6.45, 7) is 8.98. The summed E-state index contributed by atoms with van der Waals surface area (Å²) in [5.41, 5.74) is 6.71. The van der Waals surface area contributed by atoms with Crippen LogP contribution in [0.25, 0.3) is 0 Å². The lowest BCUT2D eigenvalue weighted by Crippen LogP contribution is -2.05. The Hall–Kier alpha value is -1.61. The molecule has 0 amide bonds. The van der Waals surface area contributed by atoms with Gasteiger partial charge in [-0.1, -0.05) is 29.3 Å². The Morgan fingerprint density at radius 3 is 2.17 bits per heavy atom. The molecule has 1 heterocycles.